The lowest BCUT2D eigenvalue weighted by Crippen LogP contribution is -2.24. The maximum Gasteiger partial charge on any atom is 0.410 e. The van der Waals surface area contributed by atoms with E-state index in [4.69, 9.17) is 10.5 Å². The highest BCUT2D eigenvalue weighted by Crippen LogP contribution is 2.26. The molecule has 0 saturated carbocycles. The van der Waals surface area contributed by atoms with Gasteiger partial charge in [-0.3, -0.25) is 0 Å². The fraction of sp³-hybridized carbons (Fsp3) is 0.417. The summed E-state index contributed by atoms with van der Waals surface area (Å²) in [6.07, 6.45) is 0.576. The standard InChI is InChI=1S/C12H16N2O2/c1-2-7-14-8-11(16-12(14)15)9-3-5-10(13)6-4-9/h3-6,11H,2,7-8,13H2,1H3. The fourth-order valence-electron chi connectivity index (χ4n) is 1.84. The zero-order valence-electron chi connectivity index (χ0n) is 9.35. The molecule has 4 nitrogen and oxygen atoms in total. The average molecular weight is 220 g/mol. The van der Waals surface area contributed by atoms with Gasteiger partial charge in [-0.15, -0.1) is 0 Å². The highest BCUT2D eigenvalue weighted by molar-refractivity contribution is 5.70. The molecule has 1 aromatic rings. The molecule has 0 bridgehead atoms. The number of carbonyl (C=O) groups is 1. The van der Waals surface area contributed by atoms with Crippen LogP contribution in [0.4, 0.5) is 10.5 Å². The van der Waals surface area contributed by atoms with Crippen LogP contribution in [0, 0.1) is 0 Å². The third-order valence-electron chi connectivity index (χ3n) is 2.69. The van der Waals surface area contributed by atoms with Crippen LogP contribution in [0.2, 0.25) is 0 Å². The molecule has 2 N–H and O–H groups in total. The van der Waals surface area contributed by atoms with E-state index in [2.05, 4.69) is 0 Å². The minimum absolute atomic E-state index is 0.153. The van der Waals surface area contributed by atoms with E-state index in [9.17, 15) is 4.79 Å². The van der Waals surface area contributed by atoms with Crippen LogP contribution in [0.3, 0.4) is 0 Å². The van der Waals surface area contributed by atoms with Gasteiger partial charge < -0.3 is 15.4 Å². The molecule has 1 fully saturated rings. The quantitative estimate of drug-likeness (QED) is 0.794. The zero-order chi connectivity index (χ0) is 11.5. The van der Waals surface area contributed by atoms with Crippen molar-refractivity contribution in [3.63, 3.8) is 0 Å². The van der Waals surface area contributed by atoms with Crippen molar-refractivity contribution in [2.24, 2.45) is 0 Å². The summed E-state index contributed by atoms with van der Waals surface area (Å²) in [5, 5.41) is 0. The highest BCUT2D eigenvalue weighted by atomic mass is 16.6. The van der Waals surface area contributed by atoms with Crippen LogP contribution in [-0.2, 0) is 4.74 Å². The van der Waals surface area contributed by atoms with E-state index in [1.807, 2.05) is 31.2 Å². The maximum absolute atomic E-state index is 11.5. The predicted octanol–water partition coefficient (Wildman–Crippen LogP) is 2.17. The van der Waals surface area contributed by atoms with Gasteiger partial charge >= 0.3 is 6.09 Å². The number of anilines is 1. The zero-order valence-corrected chi connectivity index (χ0v) is 9.35. The van der Waals surface area contributed by atoms with Gasteiger partial charge in [0.15, 0.2) is 0 Å². The lowest BCUT2D eigenvalue weighted by molar-refractivity contribution is 0.133. The first kappa shape index (κ1) is 10.8. The molecule has 1 aliphatic rings. The Hall–Kier alpha value is -1.71. The number of nitrogen functional groups attached to an aromatic ring is 1. The minimum Gasteiger partial charge on any atom is -0.439 e. The number of hydrogen-bond acceptors (Lipinski definition) is 3. The van der Waals surface area contributed by atoms with E-state index in [1.54, 1.807) is 4.90 Å². The van der Waals surface area contributed by atoms with Gasteiger partial charge in [-0.1, -0.05) is 19.1 Å². The monoisotopic (exact) mass is 220 g/mol. The van der Waals surface area contributed by atoms with E-state index >= 15 is 0 Å². The molecule has 1 unspecified atom stereocenters. The van der Waals surface area contributed by atoms with Crippen LogP contribution in [0.1, 0.15) is 25.0 Å². The maximum atomic E-state index is 11.5. The van der Waals surface area contributed by atoms with Crippen LogP contribution in [-0.4, -0.2) is 24.1 Å². The van der Waals surface area contributed by atoms with Crippen LogP contribution in [0.25, 0.3) is 0 Å². The fourth-order valence-corrected chi connectivity index (χ4v) is 1.84. The van der Waals surface area contributed by atoms with E-state index in [0.29, 0.717) is 6.54 Å². The van der Waals surface area contributed by atoms with Gasteiger partial charge in [-0.2, -0.15) is 0 Å². The summed E-state index contributed by atoms with van der Waals surface area (Å²) in [6.45, 7) is 3.44. The second-order valence-electron chi connectivity index (χ2n) is 3.99. The van der Waals surface area contributed by atoms with Crippen LogP contribution < -0.4 is 5.73 Å². The summed E-state index contributed by atoms with van der Waals surface area (Å²) in [7, 11) is 0. The first-order valence-corrected chi connectivity index (χ1v) is 5.51. The number of carbonyl (C=O) groups excluding carboxylic acids is 1. The SMILES string of the molecule is CCCN1CC(c2ccc(N)cc2)OC1=O. The smallest absolute Gasteiger partial charge is 0.410 e. The molecule has 2 rings (SSSR count). The number of benzene rings is 1. The van der Waals surface area contributed by atoms with Gasteiger partial charge in [0.2, 0.25) is 0 Å². The molecule has 0 spiro atoms. The molecule has 0 aromatic heterocycles. The number of ether oxygens (including phenoxy) is 1. The number of amides is 1. The van der Waals surface area contributed by atoms with E-state index in [-0.39, 0.29) is 12.2 Å². The Bertz CT molecular complexity index is 375. The lowest BCUT2D eigenvalue weighted by Gasteiger charge is -2.10. The van der Waals surface area contributed by atoms with Crippen LogP contribution in [0.5, 0.6) is 0 Å². The van der Waals surface area contributed by atoms with Crippen molar-refractivity contribution >= 4 is 11.8 Å². The van der Waals surface area contributed by atoms with Gasteiger partial charge in [0.25, 0.3) is 0 Å². The molecular weight excluding hydrogens is 204 g/mol. The Balaban J connectivity index is 2.07. The summed E-state index contributed by atoms with van der Waals surface area (Å²) >= 11 is 0. The number of nitrogens with zero attached hydrogens (tertiary/aromatic N) is 1. The van der Waals surface area contributed by atoms with Crippen molar-refractivity contribution in [2.75, 3.05) is 18.8 Å². The molecule has 1 aliphatic heterocycles. The second-order valence-corrected chi connectivity index (χ2v) is 3.99. The summed E-state index contributed by atoms with van der Waals surface area (Å²) in [5.74, 6) is 0. The van der Waals surface area contributed by atoms with Gasteiger partial charge in [0.1, 0.15) is 6.10 Å². The van der Waals surface area contributed by atoms with Crippen molar-refractivity contribution in [3.8, 4) is 0 Å². The molecular formula is C12H16N2O2. The van der Waals surface area contributed by atoms with Crippen molar-refractivity contribution in [1.29, 1.82) is 0 Å². The largest absolute Gasteiger partial charge is 0.439 e. The van der Waals surface area contributed by atoms with E-state index in [0.717, 1.165) is 24.2 Å². The number of nitrogens with two attached hydrogens (primary N) is 1. The molecule has 0 radical (unpaired) electrons. The van der Waals surface area contributed by atoms with Crippen LogP contribution in [0.15, 0.2) is 24.3 Å². The average Bonchev–Trinajstić information content (AvgIpc) is 2.62. The molecule has 1 aromatic carbocycles. The molecule has 4 heteroatoms. The Morgan fingerprint density at radius 1 is 1.44 bits per heavy atom. The topological polar surface area (TPSA) is 55.6 Å². The molecule has 1 saturated heterocycles. The lowest BCUT2D eigenvalue weighted by atomic mass is 10.1. The van der Waals surface area contributed by atoms with Crippen molar-refractivity contribution in [1.82, 2.24) is 4.90 Å². The molecule has 1 atom stereocenters. The van der Waals surface area contributed by atoms with Gasteiger partial charge in [-0.05, 0) is 24.1 Å². The number of rotatable bonds is 3. The van der Waals surface area contributed by atoms with E-state index < -0.39 is 0 Å². The third kappa shape index (κ3) is 2.10. The summed E-state index contributed by atoms with van der Waals surface area (Å²) in [5.41, 5.74) is 7.33. The molecule has 0 aliphatic carbocycles. The molecule has 1 heterocycles. The first-order chi connectivity index (χ1) is 7.70. The van der Waals surface area contributed by atoms with Crippen LogP contribution >= 0.6 is 0 Å². The normalized spacial score (nSPS) is 19.9. The number of cyclic esters (lactones) is 1. The second kappa shape index (κ2) is 4.43. The van der Waals surface area contributed by atoms with Gasteiger partial charge in [-0.25, -0.2) is 4.79 Å². The summed E-state index contributed by atoms with van der Waals surface area (Å²) in [4.78, 5) is 13.2. The molecule has 16 heavy (non-hydrogen) atoms. The van der Waals surface area contributed by atoms with E-state index in [1.165, 1.54) is 0 Å². The van der Waals surface area contributed by atoms with Crippen molar-refractivity contribution < 1.29 is 9.53 Å². The first-order valence-electron chi connectivity index (χ1n) is 5.51. The van der Waals surface area contributed by atoms with Gasteiger partial charge in [0, 0.05) is 12.2 Å². The predicted molar refractivity (Wildman–Crippen MR) is 61.9 cm³/mol. The summed E-state index contributed by atoms with van der Waals surface area (Å²) < 4.78 is 5.30. The Labute approximate surface area is 95.0 Å². The van der Waals surface area contributed by atoms with Crippen molar-refractivity contribution in [3.05, 3.63) is 29.8 Å². The van der Waals surface area contributed by atoms with Crippen molar-refractivity contribution in [2.45, 2.75) is 19.4 Å². The highest BCUT2D eigenvalue weighted by Gasteiger charge is 2.31. The minimum atomic E-state index is -0.219. The molecule has 1 amide bonds. The van der Waals surface area contributed by atoms with Gasteiger partial charge in [0.05, 0.1) is 6.54 Å². The Morgan fingerprint density at radius 2 is 2.12 bits per heavy atom. The summed E-state index contributed by atoms with van der Waals surface area (Å²) in [6, 6.07) is 7.46. The third-order valence-corrected chi connectivity index (χ3v) is 2.69. The Kier molecular flexibility index (Phi) is 2.99. The Morgan fingerprint density at radius 3 is 2.75 bits per heavy atom. The molecule has 86 valence electrons. The number of hydrogen-bond donors (Lipinski definition) is 1.